The van der Waals surface area contributed by atoms with Gasteiger partial charge in [0.1, 0.15) is 11.6 Å². The molecule has 0 aliphatic rings. The standard InChI is InChI=1S/C24H23ClFN5O4/c1-14-13-28-23(35-14)22(32)30-19(11-17(24(33)34)8-9-29-31-27)10-15-2-4-16(5-3-15)20-12-18(25)6-7-21(20)26/h2-7,12-13,17,19H,8-11H2,1H3,(H,30,32)(H,33,34)/t17-,19-/m1/s1. The maximum atomic E-state index is 14.2. The van der Waals surface area contributed by atoms with Gasteiger partial charge in [-0.3, -0.25) is 9.59 Å². The Kier molecular flexibility index (Phi) is 8.83. The second kappa shape index (κ2) is 12.0. The number of halogens is 2. The molecule has 0 fully saturated rings. The van der Waals surface area contributed by atoms with E-state index in [0.29, 0.717) is 28.3 Å². The van der Waals surface area contributed by atoms with Crippen LogP contribution in [0.25, 0.3) is 21.6 Å². The van der Waals surface area contributed by atoms with Gasteiger partial charge in [0.15, 0.2) is 0 Å². The number of benzene rings is 2. The number of nitrogens with zero attached hydrogens (tertiary/aromatic N) is 4. The zero-order valence-corrected chi connectivity index (χ0v) is 19.6. The van der Waals surface area contributed by atoms with Gasteiger partial charge in [0.25, 0.3) is 5.89 Å². The molecule has 1 heterocycles. The average molecular weight is 500 g/mol. The first kappa shape index (κ1) is 25.7. The number of carboxylic acid groups (broad SMARTS) is 1. The highest BCUT2D eigenvalue weighted by molar-refractivity contribution is 6.30. The molecule has 2 atom stereocenters. The van der Waals surface area contributed by atoms with Crippen LogP contribution in [0.15, 0.2) is 58.2 Å². The lowest BCUT2D eigenvalue weighted by molar-refractivity contribution is -0.142. The van der Waals surface area contributed by atoms with Crippen LogP contribution >= 0.6 is 11.6 Å². The molecule has 3 rings (SSSR count). The van der Waals surface area contributed by atoms with Gasteiger partial charge >= 0.3 is 11.9 Å². The number of rotatable bonds is 11. The van der Waals surface area contributed by atoms with Crippen molar-refractivity contribution in [2.45, 2.75) is 32.2 Å². The Bertz CT molecular complexity index is 1240. The molecule has 1 aromatic heterocycles. The highest BCUT2D eigenvalue weighted by Crippen LogP contribution is 2.27. The molecule has 0 saturated heterocycles. The molecule has 9 nitrogen and oxygen atoms in total. The van der Waals surface area contributed by atoms with Gasteiger partial charge in [-0.15, -0.1) is 0 Å². The number of aromatic nitrogens is 1. The summed E-state index contributed by atoms with van der Waals surface area (Å²) in [6.45, 7) is 1.68. The van der Waals surface area contributed by atoms with Crippen molar-refractivity contribution in [2.75, 3.05) is 6.54 Å². The van der Waals surface area contributed by atoms with Gasteiger partial charge in [0.2, 0.25) is 0 Å². The van der Waals surface area contributed by atoms with E-state index < -0.39 is 29.7 Å². The number of hydrogen-bond acceptors (Lipinski definition) is 5. The number of carbonyl (C=O) groups is 2. The summed E-state index contributed by atoms with van der Waals surface area (Å²) in [5.41, 5.74) is 10.3. The second-order valence-electron chi connectivity index (χ2n) is 7.99. The highest BCUT2D eigenvalue weighted by Gasteiger charge is 2.25. The number of hydrogen-bond donors (Lipinski definition) is 2. The monoisotopic (exact) mass is 499 g/mol. The lowest BCUT2D eigenvalue weighted by Crippen LogP contribution is -2.39. The fourth-order valence-electron chi connectivity index (χ4n) is 3.67. The van der Waals surface area contributed by atoms with E-state index in [4.69, 9.17) is 21.5 Å². The molecule has 0 spiro atoms. The van der Waals surface area contributed by atoms with Gasteiger partial charge in [-0.25, -0.2) is 9.37 Å². The average Bonchev–Trinajstić information content (AvgIpc) is 3.27. The summed E-state index contributed by atoms with van der Waals surface area (Å²) in [4.78, 5) is 31.0. The van der Waals surface area contributed by atoms with Crippen LogP contribution < -0.4 is 5.32 Å². The molecular formula is C24H23ClFN5O4. The number of carboxylic acids is 1. The molecule has 11 heteroatoms. The van der Waals surface area contributed by atoms with Crippen LogP contribution in [-0.4, -0.2) is 34.6 Å². The van der Waals surface area contributed by atoms with Crippen LogP contribution in [0.1, 0.15) is 34.9 Å². The minimum atomic E-state index is -1.06. The van der Waals surface area contributed by atoms with Gasteiger partial charge in [0.05, 0.1) is 12.1 Å². The molecule has 182 valence electrons. The van der Waals surface area contributed by atoms with Gasteiger partial charge < -0.3 is 14.8 Å². The number of aryl methyl sites for hydroxylation is 1. The molecule has 35 heavy (non-hydrogen) atoms. The molecule has 2 N–H and O–H groups in total. The van der Waals surface area contributed by atoms with Crippen molar-refractivity contribution in [1.29, 1.82) is 0 Å². The molecule has 3 aromatic rings. The van der Waals surface area contributed by atoms with E-state index in [1.165, 1.54) is 24.4 Å². The van der Waals surface area contributed by atoms with Gasteiger partial charge in [0, 0.05) is 28.1 Å². The fraction of sp³-hybridized carbons (Fsp3) is 0.292. The quantitative estimate of drug-likeness (QED) is 0.201. The molecule has 2 aromatic carbocycles. The fourth-order valence-corrected chi connectivity index (χ4v) is 3.84. The van der Waals surface area contributed by atoms with E-state index >= 15 is 0 Å². The highest BCUT2D eigenvalue weighted by atomic mass is 35.5. The van der Waals surface area contributed by atoms with E-state index in [-0.39, 0.29) is 25.3 Å². The van der Waals surface area contributed by atoms with Crippen LogP contribution in [0.4, 0.5) is 4.39 Å². The molecule has 0 aliphatic heterocycles. The number of azide groups is 1. The first-order valence-corrected chi connectivity index (χ1v) is 11.2. The zero-order chi connectivity index (χ0) is 25.4. The second-order valence-corrected chi connectivity index (χ2v) is 8.42. The third-order valence-corrected chi connectivity index (χ3v) is 5.62. The summed E-state index contributed by atoms with van der Waals surface area (Å²) in [7, 11) is 0. The Morgan fingerprint density at radius 1 is 1.29 bits per heavy atom. The van der Waals surface area contributed by atoms with Crippen molar-refractivity contribution < 1.29 is 23.5 Å². The summed E-state index contributed by atoms with van der Waals surface area (Å²) >= 11 is 5.99. The van der Waals surface area contributed by atoms with Gasteiger partial charge in [-0.2, -0.15) is 0 Å². The van der Waals surface area contributed by atoms with E-state index in [2.05, 4.69) is 20.3 Å². The zero-order valence-electron chi connectivity index (χ0n) is 18.8. The van der Waals surface area contributed by atoms with E-state index in [0.717, 1.165) is 5.56 Å². The van der Waals surface area contributed by atoms with Gasteiger partial charge in [-0.05, 0) is 61.0 Å². The first-order valence-electron chi connectivity index (χ1n) is 10.8. The van der Waals surface area contributed by atoms with E-state index in [1.54, 1.807) is 31.2 Å². The number of oxazole rings is 1. The van der Waals surface area contributed by atoms with Crippen molar-refractivity contribution >= 4 is 23.5 Å². The van der Waals surface area contributed by atoms with Crippen LogP contribution in [0.2, 0.25) is 5.02 Å². The predicted octanol–water partition coefficient (Wildman–Crippen LogP) is 5.57. The lowest BCUT2D eigenvalue weighted by Gasteiger charge is -2.22. The van der Waals surface area contributed by atoms with Crippen LogP contribution in [0.5, 0.6) is 0 Å². The van der Waals surface area contributed by atoms with Gasteiger partial charge in [-0.1, -0.05) is 41.0 Å². The van der Waals surface area contributed by atoms with E-state index in [9.17, 15) is 19.1 Å². The number of nitrogens with one attached hydrogen (secondary N) is 1. The Morgan fingerprint density at radius 3 is 2.66 bits per heavy atom. The van der Waals surface area contributed by atoms with E-state index in [1.807, 2.05) is 0 Å². The minimum absolute atomic E-state index is 0.0208. The third kappa shape index (κ3) is 7.30. The van der Waals surface area contributed by atoms with Crippen molar-refractivity contribution in [3.8, 4) is 11.1 Å². The predicted molar refractivity (Wildman–Crippen MR) is 127 cm³/mol. The number of aliphatic carboxylic acids is 1. The largest absolute Gasteiger partial charge is 0.481 e. The maximum Gasteiger partial charge on any atom is 0.307 e. The molecule has 0 bridgehead atoms. The van der Waals surface area contributed by atoms with Crippen LogP contribution in [0, 0.1) is 18.7 Å². The molecule has 0 radical (unpaired) electrons. The molecule has 0 saturated carbocycles. The Hall–Kier alpha value is -3.88. The summed E-state index contributed by atoms with van der Waals surface area (Å²) < 4.78 is 19.5. The normalized spacial score (nSPS) is 12.4. The maximum absolute atomic E-state index is 14.2. The lowest BCUT2D eigenvalue weighted by atomic mass is 9.92. The summed E-state index contributed by atoms with van der Waals surface area (Å²) in [6.07, 6.45) is 1.93. The number of carbonyl (C=O) groups excluding carboxylic acids is 1. The van der Waals surface area contributed by atoms with Crippen LogP contribution in [-0.2, 0) is 11.2 Å². The molecular weight excluding hydrogens is 477 g/mol. The number of amides is 1. The minimum Gasteiger partial charge on any atom is -0.481 e. The van der Waals surface area contributed by atoms with Crippen molar-refractivity contribution in [2.24, 2.45) is 11.0 Å². The van der Waals surface area contributed by atoms with Crippen LogP contribution in [0.3, 0.4) is 0 Å². The molecule has 0 unspecified atom stereocenters. The van der Waals surface area contributed by atoms with Crippen molar-refractivity contribution in [3.05, 3.63) is 87.2 Å². The summed E-state index contributed by atoms with van der Waals surface area (Å²) in [5, 5.41) is 16.2. The van der Waals surface area contributed by atoms with Crippen molar-refractivity contribution in [1.82, 2.24) is 10.3 Å². The summed E-state index contributed by atoms with van der Waals surface area (Å²) in [5.74, 6) is -2.54. The molecule has 1 amide bonds. The van der Waals surface area contributed by atoms with Crippen molar-refractivity contribution in [3.63, 3.8) is 0 Å². The summed E-state index contributed by atoms with van der Waals surface area (Å²) in [6, 6.07) is 10.7. The SMILES string of the molecule is Cc1cnc(C(=O)N[C@H](Cc2ccc(-c3cc(Cl)ccc3F)cc2)C[C@@H](CCN=[N+]=[N-])C(=O)O)o1. The first-order chi connectivity index (χ1) is 16.8. The smallest absolute Gasteiger partial charge is 0.307 e. The molecule has 0 aliphatic carbocycles. The third-order valence-electron chi connectivity index (χ3n) is 5.39. The topological polar surface area (TPSA) is 141 Å². The Labute approximate surface area is 205 Å². The Balaban J connectivity index is 1.80. The Morgan fingerprint density at radius 2 is 2.03 bits per heavy atom.